The van der Waals surface area contributed by atoms with Crippen molar-refractivity contribution in [2.24, 2.45) is 5.41 Å². The van der Waals surface area contributed by atoms with Gasteiger partial charge in [0, 0.05) is 38.6 Å². The monoisotopic (exact) mass is 288 g/mol. The molecule has 0 radical (unpaired) electrons. The molecule has 19 heavy (non-hydrogen) atoms. The van der Waals surface area contributed by atoms with Gasteiger partial charge in [-0.25, -0.2) is 4.79 Å². The Hall–Kier alpha value is -0.480. The second kappa shape index (κ2) is 5.49. The molecule has 0 N–H and O–H groups in total. The molecule has 110 valence electrons. The van der Waals surface area contributed by atoms with Crippen LogP contribution < -0.4 is 0 Å². The third-order valence-corrected chi connectivity index (χ3v) is 4.39. The minimum absolute atomic E-state index is 0.189. The summed E-state index contributed by atoms with van der Waals surface area (Å²) < 4.78 is 5.39. The quantitative estimate of drug-likeness (QED) is 0.748. The summed E-state index contributed by atoms with van der Waals surface area (Å²) in [5.41, 5.74) is -0.0411. The Morgan fingerprint density at radius 1 is 1.21 bits per heavy atom. The molecular formula is C14H25ClN2O2. The van der Waals surface area contributed by atoms with E-state index in [1.165, 1.54) is 12.8 Å². The van der Waals surface area contributed by atoms with E-state index in [4.69, 9.17) is 16.3 Å². The number of piperazine rings is 1. The molecule has 0 bridgehead atoms. The molecule has 0 aromatic carbocycles. The summed E-state index contributed by atoms with van der Waals surface area (Å²) in [4.78, 5) is 16.2. The number of hydrogen-bond donors (Lipinski definition) is 0. The van der Waals surface area contributed by atoms with Crippen molar-refractivity contribution in [3.63, 3.8) is 0 Å². The maximum absolute atomic E-state index is 11.9. The molecule has 1 aliphatic heterocycles. The van der Waals surface area contributed by atoms with E-state index in [0.717, 1.165) is 38.6 Å². The zero-order valence-electron chi connectivity index (χ0n) is 12.2. The zero-order chi connectivity index (χ0) is 14.1. The normalized spacial score (nSPS) is 23.3. The van der Waals surface area contributed by atoms with Crippen LogP contribution in [0.5, 0.6) is 0 Å². The van der Waals surface area contributed by atoms with Gasteiger partial charge in [-0.2, -0.15) is 0 Å². The van der Waals surface area contributed by atoms with Crippen LogP contribution in [0.2, 0.25) is 0 Å². The van der Waals surface area contributed by atoms with Crippen LogP contribution in [0, 0.1) is 5.41 Å². The lowest BCUT2D eigenvalue weighted by Gasteiger charge is -2.36. The number of amides is 1. The van der Waals surface area contributed by atoms with E-state index >= 15 is 0 Å². The average Bonchev–Trinajstić information content (AvgIpc) is 3.08. The first-order valence-corrected chi connectivity index (χ1v) is 7.63. The molecule has 2 rings (SSSR count). The van der Waals surface area contributed by atoms with Crippen LogP contribution in [-0.4, -0.2) is 60.1 Å². The Morgan fingerprint density at radius 3 is 2.21 bits per heavy atom. The number of ether oxygens (including phenoxy) is 1. The van der Waals surface area contributed by atoms with Crippen LogP contribution in [0.25, 0.3) is 0 Å². The van der Waals surface area contributed by atoms with Crippen LogP contribution in [-0.2, 0) is 4.74 Å². The van der Waals surface area contributed by atoms with Crippen molar-refractivity contribution in [3.8, 4) is 0 Å². The van der Waals surface area contributed by atoms with Gasteiger partial charge in [0.15, 0.2) is 0 Å². The van der Waals surface area contributed by atoms with Crippen LogP contribution in [0.1, 0.15) is 33.6 Å². The van der Waals surface area contributed by atoms with Gasteiger partial charge < -0.3 is 9.64 Å². The summed E-state index contributed by atoms with van der Waals surface area (Å²) in [5.74, 6) is 0.763. The topological polar surface area (TPSA) is 32.8 Å². The lowest BCUT2D eigenvalue weighted by molar-refractivity contribution is 0.0132. The van der Waals surface area contributed by atoms with Gasteiger partial charge in [-0.05, 0) is 39.0 Å². The molecule has 1 heterocycles. The van der Waals surface area contributed by atoms with Gasteiger partial charge in [0.2, 0.25) is 0 Å². The first-order chi connectivity index (χ1) is 8.84. The third kappa shape index (κ3) is 4.25. The highest BCUT2D eigenvalue weighted by atomic mass is 35.5. The molecule has 0 spiro atoms. The summed E-state index contributed by atoms with van der Waals surface area (Å²) in [7, 11) is 0. The number of halogens is 1. The van der Waals surface area contributed by atoms with Gasteiger partial charge in [-0.1, -0.05) is 0 Å². The number of rotatable bonds is 3. The Kier molecular flexibility index (Phi) is 4.31. The van der Waals surface area contributed by atoms with Crippen molar-refractivity contribution in [2.45, 2.75) is 39.2 Å². The smallest absolute Gasteiger partial charge is 0.410 e. The lowest BCUT2D eigenvalue weighted by atomic mass is 10.1. The standard InChI is InChI=1S/C14H25ClN2O2/c1-13(2,3)19-12(18)17-8-6-16(7-9-17)11-14(10-15)4-5-14/h4-11H2,1-3H3. The van der Waals surface area contributed by atoms with Crippen LogP contribution in [0.15, 0.2) is 0 Å². The van der Waals surface area contributed by atoms with Crippen molar-refractivity contribution >= 4 is 17.7 Å². The minimum Gasteiger partial charge on any atom is -0.444 e. The van der Waals surface area contributed by atoms with E-state index in [9.17, 15) is 4.79 Å². The second-order valence-corrected chi connectivity index (χ2v) is 7.14. The highest BCUT2D eigenvalue weighted by Crippen LogP contribution is 2.47. The molecule has 0 aromatic heterocycles. The summed E-state index contributed by atoms with van der Waals surface area (Å²) in [6, 6.07) is 0. The van der Waals surface area contributed by atoms with Crippen molar-refractivity contribution in [1.29, 1.82) is 0 Å². The van der Waals surface area contributed by atoms with Crippen molar-refractivity contribution in [3.05, 3.63) is 0 Å². The van der Waals surface area contributed by atoms with Crippen LogP contribution in [0.3, 0.4) is 0 Å². The Labute approximate surface area is 121 Å². The molecule has 1 amide bonds. The molecule has 2 aliphatic rings. The molecule has 1 saturated carbocycles. The highest BCUT2D eigenvalue weighted by molar-refractivity contribution is 6.18. The lowest BCUT2D eigenvalue weighted by Crippen LogP contribution is -2.51. The van der Waals surface area contributed by atoms with Gasteiger partial charge in [0.1, 0.15) is 5.60 Å². The first kappa shape index (κ1) is 14.9. The van der Waals surface area contributed by atoms with E-state index in [1.807, 2.05) is 25.7 Å². The fraction of sp³-hybridized carbons (Fsp3) is 0.929. The molecule has 1 saturated heterocycles. The first-order valence-electron chi connectivity index (χ1n) is 7.10. The predicted octanol–water partition coefficient (Wildman–Crippen LogP) is 2.56. The van der Waals surface area contributed by atoms with E-state index < -0.39 is 5.60 Å². The molecule has 2 fully saturated rings. The van der Waals surface area contributed by atoms with Gasteiger partial charge in [0.25, 0.3) is 0 Å². The largest absolute Gasteiger partial charge is 0.444 e. The Balaban J connectivity index is 1.74. The summed E-state index contributed by atoms with van der Waals surface area (Å²) >= 11 is 6.02. The average molecular weight is 289 g/mol. The maximum Gasteiger partial charge on any atom is 0.410 e. The van der Waals surface area contributed by atoms with Crippen LogP contribution >= 0.6 is 11.6 Å². The van der Waals surface area contributed by atoms with Gasteiger partial charge in [-0.3, -0.25) is 4.90 Å². The maximum atomic E-state index is 11.9. The number of nitrogens with zero attached hydrogens (tertiary/aromatic N) is 2. The SMILES string of the molecule is CC(C)(C)OC(=O)N1CCN(CC2(CCl)CC2)CC1. The zero-order valence-corrected chi connectivity index (χ0v) is 13.0. The molecule has 0 unspecified atom stereocenters. The van der Waals surface area contributed by atoms with Gasteiger partial charge in [0.05, 0.1) is 0 Å². The van der Waals surface area contributed by atoms with Crippen LogP contribution in [0.4, 0.5) is 4.79 Å². The van der Waals surface area contributed by atoms with E-state index in [-0.39, 0.29) is 6.09 Å². The molecule has 0 atom stereocenters. The van der Waals surface area contributed by atoms with Gasteiger partial charge in [-0.15, -0.1) is 11.6 Å². The van der Waals surface area contributed by atoms with E-state index in [1.54, 1.807) is 0 Å². The van der Waals surface area contributed by atoms with E-state index in [2.05, 4.69) is 4.90 Å². The highest BCUT2D eigenvalue weighted by Gasteiger charge is 2.43. The minimum atomic E-state index is -0.412. The molecule has 4 nitrogen and oxygen atoms in total. The number of carbonyl (C=O) groups is 1. The third-order valence-electron chi connectivity index (χ3n) is 3.82. The van der Waals surface area contributed by atoms with E-state index in [0.29, 0.717) is 5.41 Å². The fourth-order valence-electron chi connectivity index (χ4n) is 2.40. The summed E-state index contributed by atoms with van der Waals surface area (Å²) in [6.45, 7) is 10.2. The summed E-state index contributed by atoms with van der Waals surface area (Å²) in [6.07, 6.45) is 2.32. The predicted molar refractivity (Wildman–Crippen MR) is 76.6 cm³/mol. The number of hydrogen-bond acceptors (Lipinski definition) is 3. The Morgan fingerprint density at radius 2 is 1.79 bits per heavy atom. The Bertz CT molecular complexity index is 329. The molecule has 5 heteroatoms. The van der Waals surface area contributed by atoms with Crippen molar-refractivity contribution < 1.29 is 9.53 Å². The van der Waals surface area contributed by atoms with Crippen molar-refractivity contribution in [2.75, 3.05) is 38.6 Å². The van der Waals surface area contributed by atoms with Crippen molar-refractivity contribution in [1.82, 2.24) is 9.80 Å². The molecular weight excluding hydrogens is 264 g/mol. The molecule has 1 aliphatic carbocycles. The summed E-state index contributed by atoms with van der Waals surface area (Å²) in [5, 5.41) is 0. The second-order valence-electron chi connectivity index (χ2n) is 6.88. The molecule has 0 aromatic rings. The fourth-order valence-corrected chi connectivity index (χ4v) is 2.75. The van der Waals surface area contributed by atoms with Gasteiger partial charge >= 0.3 is 6.09 Å². The number of carbonyl (C=O) groups excluding carboxylic acids is 1. The number of alkyl halides is 1.